The van der Waals surface area contributed by atoms with Crippen molar-refractivity contribution in [1.29, 1.82) is 0 Å². The Hall–Kier alpha value is -1.56. The van der Waals surface area contributed by atoms with E-state index in [2.05, 4.69) is 61.8 Å². The van der Waals surface area contributed by atoms with Crippen LogP contribution in [0.25, 0.3) is 16.9 Å². The van der Waals surface area contributed by atoms with Crippen LogP contribution in [0.1, 0.15) is 70.2 Å². The highest BCUT2D eigenvalue weighted by atomic mass is 35.5. The average molecular weight is 523 g/mol. The van der Waals surface area contributed by atoms with Crippen molar-refractivity contribution in [3.05, 3.63) is 51.8 Å². The lowest BCUT2D eigenvalue weighted by atomic mass is 9.71. The number of aliphatic hydroxyl groups excluding tert-OH is 1. The number of benzene rings is 1. The molecule has 1 spiro atoms. The number of hydrogen-bond donors (Lipinski definition) is 1. The van der Waals surface area contributed by atoms with E-state index >= 15 is 0 Å². The number of thiocarbonyl (C=S) groups is 1. The van der Waals surface area contributed by atoms with Gasteiger partial charge in [0, 0.05) is 30.1 Å². The van der Waals surface area contributed by atoms with Crippen LogP contribution >= 0.6 is 32.0 Å². The predicted octanol–water partition coefficient (Wildman–Crippen LogP) is 8.06. The van der Waals surface area contributed by atoms with E-state index in [4.69, 9.17) is 28.9 Å². The van der Waals surface area contributed by atoms with E-state index in [1.807, 2.05) is 12.1 Å². The third-order valence-corrected chi connectivity index (χ3v) is 10.4. The molecule has 5 atom stereocenters. The maximum Gasteiger partial charge on any atom is 0.0755 e. The normalized spacial score (nSPS) is 27.5. The molecule has 0 radical (unpaired) electrons. The van der Waals surface area contributed by atoms with Gasteiger partial charge in [-0.05, 0) is 93.4 Å². The summed E-state index contributed by atoms with van der Waals surface area (Å²) in [6.45, 7) is 6.87. The summed E-state index contributed by atoms with van der Waals surface area (Å²) in [5.41, 5.74) is 4.27. The standard InChI is InChI=1S/C30H34ClNOPS/c1-19(20(2)32(21(3)35)28-17-24-12-13-30(24)18-27(28)30)15-26-16-23(7-5-4-6-14-33)29(34-26)22-8-10-25(31)11-9-22/h8-11,15-16,20,24,27-28,33H,4,6,12-14,17-18H2,1-3H3/q-1/b19-15+. The van der Waals surface area contributed by atoms with Crippen LogP contribution in [-0.2, 0) is 0 Å². The van der Waals surface area contributed by atoms with Crippen LogP contribution in [0.4, 0.5) is 0 Å². The molecular weight excluding hydrogens is 489 g/mol. The van der Waals surface area contributed by atoms with Crippen LogP contribution in [0, 0.1) is 29.1 Å². The molecule has 5 heteroatoms. The van der Waals surface area contributed by atoms with E-state index in [9.17, 15) is 0 Å². The van der Waals surface area contributed by atoms with Gasteiger partial charge in [-0.1, -0.05) is 65.5 Å². The summed E-state index contributed by atoms with van der Waals surface area (Å²) in [7, 11) is 1.17. The first-order chi connectivity index (χ1) is 16.8. The lowest BCUT2D eigenvalue weighted by Crippen LogP contribution is -2.45. The summed E-state index contributed by atoms with van der Waals surface area (Å²) in [5, 5.41) is 12.3. The first kappa shape index (κ1) is 25.1. The Balaban J connectivity index is 1.41. The van der Waals surface area contributed by atoms with Gasteiger partial charge in [0.25, 0.3) is 0 Å². The van der Waals surface area contributed by atoms with Gasteiger partial charge >= 0.3 is 0 Å². The number of rotatable bonds is 7. The van der Waals surface area contributed by atoms with Crippen molar-refractivity contribution in [2.75, 3.05) is 6.61 Å². The highest BCUT2D eigenvalue weighted by Crippen LogP contribution is 2.76. The summed E-state index contributed by atoms with van der Waals surface area (Å²) < 4.78 is 0. The summed E-state index contributed by atoms with van der Waals surface area (Å²) in [6.07, 6.45) is 9.38. The van der Waals surface area contributed by atoms with Crippen molar-refractivity contribution < 1.29 is 5.11 Å². The Morgan fingerprint density at radius 1 is 1.34 bits per heavy atom. The van der Waals surface area contributed by atoms with Crippen LogP contribution in [-0.4, -0.2) is 33.7 Å². The minimum absolute atomic E-state index is 0.177. The molecule has 0 amide bonds. The molecule has 3 fully saturated rings. The minimum atomic E-state index is 0.177. The van der Waals surface area contributed by atoms with Crippen molar-refractivity contribution in [2.45, 2.75) is 71.4 Å². The molecule has 1 N–H and O–H groups in total. The Bertz CT molecular complexity index is 1210. The average Bonchev–Trinajstić information content (AvgIpc) is 3.42. The molecule has 5 unspecified atom stereocenters. The van der Waals surface area contributed by atoms with E-state index in [-0.39, 0.29) is 6.61 Å². The number of unbranched alkanes of at least 4 members (excludes halogenated alkanes) is 1. The van der Waals surface area contributed by atoms with Gasteiger partial charge in [0.1, 0.15) is 0 Å². The zero-order chi connectivity index (χ0) is 24.7. The topological polar surface area (TPSA) is 23.5 Å². The summed E-state index contributed by atoms with van der Waals surface area (Å²) >= 11 is 11.9. The van der Waals surface area contributed by atoms with Crippen LogP contribution in [0.3, 0.4) is 0 Å². The number of aliphatic hydroxyl groups is 1. The Kier molecular flexibility index (Phi) is 7.22. The summed E-state index contributed by atoms with van der Waals surface area (Å²) in [5.74, 6) is 8.41. The molecule has 0 bridgehead atoms. The fraction of sp³-hybridized carbons (Fsp3) is 0.500. The second kappa shape index (κ2) is 10.1. The lowest BCUT2D eigenvalue weighted by molar-refractivity contribution is 0.160. The molecule has 3 aliphatic carbocycles. The van der Waals surface area contributed by atoms with Gasteiger partial charge in [0.05, 0.1) is 4.99 Å². The van der Waals surface area contributed by atoms with Gasteiger partial charge in [0.2, 0.25) is 0 Å². The van der Waals surface area contributed by atoms with E-state index in [0.29, 0.717) is 30.3 Å². The third kappa shape index (κ3) is 4.76. The van der Waals surface area contributed by atoms with E-state index in [1.165, 1.54) is 50.0 Å². The zero-order valence-corrected chi connectivity index (χ0v) is 23.3. The Morgan fingerprint density at radius 3 is 2.69 bits per heavy atom. The minimum Gasteiger partial charge on any atom is -0.514 e. The van der Waals surface area contributed by atoms with Crippen molar-refractivity contribution in [1.82, 2.24) is 4.90 Å². The first-order valence-corrected chi connectivity index (χ1v) is 14.5. The molecule has 1 aromatic heterocycles. The van der Waals surface area contributed by atoms with Crippen LogP contribution < -0.4 is 0 Å². The summed E-state index contributed by atoms with van der Waals surface area (Å²) in [4.78, 5) is 3.60. The maximum atomic E-state index is 9.09. The van der Waals surface area contributed by atoms with Crippen molar-refractivity contribution in [3.63, 3.8) is 0 Å². The maximum absolute atomic E-state index is 9.09. The van der Waals surface area contributed by atoms with Gasteiger partial charge in [-0.15, -0.1) is 0 Å². The molecule has 3 aliphatic rings. The molecular formula is C30H34ClNOPS-. The van der Waals surface area contributed by atoms with Gasteiger partial charge < -0.3 is 18.2 Å². The third-order valence-electron chi connectivity index (χ3n) is 8.70. The number of nitrogens with zero attached hydrogens (tertiary/aromatic N) is 1. The molecule has 35 heavy (non-hydrogen) atoms. The Morgan fingerprint density at radius 2 is 2.11 bits per heavy atom. The molecule has 0 aliphatic heterocycles. The van der Waals surface area contributed by atoms with Crippen LogP contribution in [0.2, 0.25) is 5.02 Å². The second-order valence-corrected chi connectivity index (χ2v) is 12.9. The largest absolute Gasteiger partial charge is 0.514 e. The molecule has 1 heterocycles. The van der Waals surface area contributed by atoms with E-state index < -0.39 is 0 Å². The van der Waals surface area contributed by atoms with Crippen molar-refractivity contribution in [2.24, 2.45) is 17.3 Å². The molecule has 2 aromatic rings. The highest BCUT2D eigenvalue weighted by molar-refractivity contribution is 7.80. The molecule has 2 nitrogen and oxygen atoms in total. The van der Waals surface area contributed by atoms with Gasteiger partial charge in [-0.3, -0.25) is 0 Å². The van der Waals surface area contributed by atoms with Gasteiger partial charge in [-0.2, -0.15) is 10.6 Å². The fourth-order valence-corrected chi connectivity index (χ4v) is 8.25. The second-order valence-electron chi connectivity index (χ2n) is 10.7. The molecule has 0 saturated heterocycles. The summed E-state index contributed by atoms with van der Waals surface area (Å²) in [6, 6.07) is 11.2. The Labute approximate surface area is 222 Å². The van der Waals surface area contributed by atoms with Gasteiger partial charge in [-0.25, -0.2) is 0 Å². The van der Waals surface area contributed by atoms with Crippen LogP contribution in [0.15, 0.2) is 35.9 Å². The highest BCUT2D eigenvalue weighted by Gasteiger charge is 2.71. The first-order valence-electron chi connectivity index (χ1n) is 12.8. The van der Waals surface area contributed by atoms with Crippen molar-refractivity contribution >= 4 is 43.1 Å². The SMILES string of the molecule is CC(=S)N(C(C)/C(C)=C/c1cc(C#CCCCO)c(-c2ccc(Cl)cc2)[p-]1)C1CC2CCC23CC13. The number of hydrogen-bond acceptors (Lipinski definition) is 2. The monoisotopic (exact) mass is 522 g/mol. The van der Waals surface area contributed by atoms with E-state index in [0.717, 1.165) is 33.0 Å². The predicted molar refractivity (Wildman–Crippen MR) is 153 cm³/mol. The molecule has 5 rings (SSSR count). The fourth-order valence-electron chi connectivity index (χ4n) is 6.59. The van der Waals surface area contributed by atoms with Gasteiger partial charge in [0.15, 0.2) is 0 Å². The van der Waals surface area contributed by atoms with E-state index in [1.54, 1.807) is 0 Å². The van der Waals surface area contributed by atoms with Crippen molar-refractivity contribution in [3.8, 4) is 22.7 Å². The molecule has 184 valence electrons. The number of halogens is 1. The quantitative estimate of drug-likeness (QED) is 0.226. The zero-order valence-electron chi connectivity index (χ0n) is 20.9. The molecule has 3 saturated carbocycles. The lowest BCUT2D eigenvalue weighted by Gasteiger charge is -2.38. The molecule has 1 aromatic carbocycles. The smallest absolute Gasteiger partial charge is 0.0755 e. The van der Waals surface area contributed by atoms with Crippen LogP contribution in [0.5, 0.6) is 0 Å².